The smallest absolute Gasteiger partial charge is 0.186 e. The zero-order valence-electron chi connectivity index (χ0n) is 6.73. The van der Waals surface area contributed by atoms with E-state index in [-0.39, 0.29) is 6.10 Å². The third-order valence-corrected chi connectivity index (χ3v) is 1.91. The van der Waals surface area contributed by atoms with Crippen molar-refractivity contribution in [2.24, 2.45) is 0 Å². The average Bonchev–Trinajstić information content (AvgIpc) is 2.83. The van der Waals surface area contributed by atoms with Crippen LogP contribution in [0.4, 0.5) is 0 Å². The molecule has 0 aliphatic carbocycles. The molecule has 3 heteroatoms. The minimum atomic E-state index is -0.613. The molecule has 2 atom stereocenters. The Morgan fingerprint density at radius 2 is 1.92 bits per heavy atom. The Morgan fingerprint density at radius 3 is 2.33 bits per heavy atom. The molecule has 0 saturated carbocycles. The maximum Gasteiger partial charge on any atom is 0.186 e. The van der Waals surface area contributed by atoms with Gasteiger partial charge in [-0.15, -0.1) is 0 Å². The largest absolute Gasteiger partial charge is 0.497 e. The molecule has 1 fully saturated rings. The number of ether oxygens (including phenoxy) is 2. The van der Waals surface area contributed by atoms with Gasteiger partial charge in [0.1, 0.15) is 11.9 Å². The van der Waals surface area contributed by atoms with Crippen LogP contribution in [0.2, 0.25) is 0 Å². The van der Waals surface area contributed by atoms with Crippen molar-refractivity contribution < 1.29 is 14.6 Å². The van der Waals surface area contributed by atoms with E-state index in [0.29, 0.717) is 0 Å². The highest BCUT2D eigenvalue weighted by Gasteiger charge is 2.38. The highest BCUT2D eigenvalue weighted by molar-refractivity contribution is 5.30. The predicted octanol–water partition coefficient (Wildman–Crippen LogP) is 1.08. The van der Waals surface area contributed by atoms with Gasteiger partial charge in [-0.05, 0) is 17.7 Å². The Kier molecular flexibility index (Phi) is 1.75. The van der Waals surface area contributed by atoms with Crippen molar-refractivity contribution in [2.75, 3.05) is 7.11 Å². The molecule has 1 saturated heterocycles. The normalized spacial score (nSPS) is 26.8. The molecule has 0 radical (unpaired) electrons. The number of methoxy groups -OCH3 is 1. The summed E-state index contributed by atoms with van der Waals surface area (Å²) in [5, 5.41) is 8.95. The standard InChI is InChI=1S/C9H10O3/c1-11-7-4-2-6(3-5-7)8-9(10)12-8/h2-5,8-10H,1H3/t8?,9-/m0/s1. The van der Waals surface area contributed by atoms with Gasteiger partial charge >= 0.3 is 0 Å². The summed E-state index contributed by atoms with van der Waals surface area (Å²) in [6, 6.07) is 7.48. The van der Waals surface area contributed by atoms with Gasteiger partial charge in [0.05, 0.1) is 7.11 Å². The van der Waals surface area contributed by atoms with Crippen LogP contribution in [0.1, 0.15) is 11.7 Å². The molecule has 12 heavy (non-hydrogen) atoms. The molecule has 1 N–H and O–H groups in total. The molecule has 1 heterocycles. The zero-order valence-corrected chi connectivity index (χ0v) is 6.73. The Hall–Kier alpha value is -1.06. The Labute approximate surface area is 70.5 Å². The van der Waals surface area contributed by atoms with E-state index in [9.17, 15) is 0 Å². The third kappa shape index (κ3) is 1.29. The fraction of sp³-hybridized carbons (Fsp3) is 0.333. The van der Waals surface area contributed by atoms with Crippen LogP contribution in [0.25, 0.3) is 0 Å². The maximum absolute atomic E-state index is 8.95. The molecule has 2 rings (SSSR count). The van der Waals surface area contributed by atoms with Crippen molar-refractivity contribution >= 4 is 0 Å². The molecule has 1 aromatic carbocycles. The van der Waals surface area contributed by atoms with Gasteiger partial charge < -0.3 is 14.6 Å². The van der Waals surface area contributed by atoms with Gasteiger partial charge in [-0.3, -0.25) is 0 Å². The second kappa shape index (κ2) is 2.77. The quantitative estimate of drug-likeness (QED) is 0.668. The van der Waals surface area contributed by atoms with Crippen LogP contribution >= 0.6 is 0 Å². The van der Waals surface area contributed by atoms with E-state index >= 15 is 0 Å². The van der Waals surface area contributed by atoms with Gasteiger partial charge in [-0.1, -0.05) is 12.1 Å². The van der Waals surface area contributed by atoms with Crippen molar-refractivity contribution in [3.63, 3.8) is 0 Å². The minimum absolute atomic E-state index is 0.129. The van der Waals surface area contributed by atoms with Gasteiger partial charge in [0, 0.05) is 0 Å². The summed E-state index contributed by atoms with van der Waals surface area (Å²) in [5.74, 6) is 0.814. The Morgan fingerprint density at radius 1 is 1.33 bits per heavy atom. The predicted molar refractivity (Wildman–Crippen MR) is 42.8 cm³/mol. The van der Waals surface area contributed by atoms with E-state index in [1.165, 1.54) is 0 Å². The molecule has 1 aliphatic rings. The molecule has 3 nitrogen and oxygen atoms in total. The highest BCUT2D eigenvalue weighted by Crippen LogP contribution is 2.36. The number of hydrogen-bond acceptors (Lipinski definition) is 3. The first-order valence-electron chi connectivity index (χ1n) is 3.79. The Balaban J connectivity index is 2.14. The number of rotatable bonds is 2. The molecule has 0 aromatic heterocycles. The molecular formula is C9H10O3. The van der Waals surface area contributed by atoms with Crippen LogP contribution in [0, 0.1) is 0 Å². The van der Waals surface area contributed by atoms with Crippen molar-refractivity contribution in [3.8, 4) is 5.75 Å². The van der Waals surface area contributed by atoms with E-state index in [1.54, 1.807) is 7.11 Å². The van der Waals surface area contributed by atoms with Crippen LogP contribution < -0.4 is 4.74 Å². The molecule has 64 valence electrons. The summed E-state index contributed by atoms with van der Waals surface area (Å²) < 4.78 is 9.88. The average molecular weight is 166 g/mol. The summed E-state index contributed by atoms with van der Waals surface area (Å²) in [4.78, 5) is 0. The maximum atomic E-state index is 8.95. The van der Waals surface area contributed by atoms with E-state index in [0.717, 1.165) is 11.3 Å². The van der Waals surface area contributed by atoms with Gasteiger partial charge in [-0.2, -0.15) is 0 Å². The second-order valence-electron chi connectivity index (χ2n) is 2.72. The van der Waals surface area contributed by atoms with Crippen LogP contribution in [0.5, 0.6) is 5.75 Å². The number of epoxide rings is 1. The first-order valence-corrected chi connectivity index (χ1v) is 3.79. The molecule has 0 amide bonds. The number of hydrogen-bond donors (Lipinski definition) is 1. The van der Waals surface area contributed by atoms with Crippen LogP contribution in [-0.4, -0.2) is 18.5 Å². The lowest BCUT2D eigenvalue weighted by Gasteiger charge is -1.99. The lowest BCUT2D eigenvalue weighted by molar-refractivity contribution is 0.156. The first kappa shape index (κ1) is 7.58. The van der Waals surface area contributed by atoms with E-state index in [2.05, 4.69) is 0 Å². The summed E-state index contributed by atoms with van der Waals surface area (Å²) in [7, 11) is 1.62. The lowest BCUT2D eigenvalue weighted by Crippen LogP contribution is -1.87. The highest BCUT2D eigenvalue weighted by atomic mass is 16.7. The third-order valence-electron chi connectivity index (χ3n) is 1.91. The van der Waals surface area contributed by atoms with Crippen molar-refractivity contribution in [3.05, 3.63) is 29.8 Å². The monoisotopic (exact) mass is 166 g/mol. The van der Waals surface area contributed by atoms with Crippen LogP contribution in [0.3, 0.4) is 0 Å². The first-order chi connectivity index (χ1) is 5.81. The van der Waals surface area contributed by atoms with Gasteiger partial charge in [0.25, 0.3) is 0 Å². The fourth-order valence-electron chi connectivity index (χ4n) is 1.14. The summed E-state index contributed by atoms with van der Waals surface area (Å²) in [6.07, 6.45) is -0.741. The van der Waals surface area contributed by atoms with Crippen LogP contribution in [-0.2, 0) is 4.74 Å². The van der Waals surface area contributed by atoms with Crippen LogP contribution in [0.15, 0.2) is 24.3 Å². The molecule has 0 spiro atoms. The van der Waals surface area contributed by atoms with Gasteiger partial charge in [-0.25, -0.2) is 0 Å². The van der Waals surface area contributed by atoms with Crippen molar-refractivity contribution in [2.45, 2.75) is 12.4 Å². The van der Waals surface area contributed by atoms with E-state index in [1.807, 2.05) is 24.3 Å². The number of benzene rings is 1. The minimum Gasteiger partial charge on any atom is -0.497 e. The van der Waals surface area contributed by atoms with E-state index < -0.39 is 6.29 Å². The van der Waals surface area contributed by atoms with Crippen molar-refractivity contribution in [1.29, 1.82) is 0 Å². The van der Waals surface area contributed by atoms with Crippen molar-refractivity contribution in [1.82, 2.24) is 0 Å². The van der Waals surface area contributed by atoms with Gasteiger partial charge in [0.15, 0.2) is 6.29 Å². The van der Waals surface area contributed by atoms with E-state index in [4.69, 9.17) is 14.6 Å². The SMILES string of the molecule is COc1ccc(C2O[C@@H]2O)cc1. The topological polar surface area (TPSA) is 42.0 Å². The zero-order chi connectivity index (χ0) is 8.55. The lowest BCUT2D eigenvalue weighted by atomic mass is 10.1. The second-order valence-corrected chi connectivity index (χ2v) is 2.72. The fourth-order valence-corrected chi connectivity index (χ4v) is 1.14. The summed E-state index contributed by atoms with van der Waals surface area (Å²) in [6.45, 7) is 0. The molecule has 1 aromatic rings. The summed E-state index contributed by atoms with van der Waals surface area (Å²) >= 11 is 0. The number of aliphatic hydroxyl groups excluding tert-OH is 1. The Bertz CT molecular complexity index is 268. The molecule has 0 bridgehead atoms. The molecule has 1 unspecified atom stereocenters. The molecule has 1 aliphatic heterocycles. The number of aliphatic hydroxyl groups is 1. The summed E-state index contributed by atoms with van der Waals surface area (Å²) in [5.41, 5.74) is 0.989. The van der Waals surface area contributed by atoms with Gasteiger partial charge in [0.2, 0.25) is 0 Å². The molecular weight excluding hydrogens is 156 g/mol.